The fraction of sp³-hybridized carbons (Fsp3) is 0. The highest BCUT2D eigenvalue weighted by molar-refractivity contribution is 8.32. The van der Waals surface area contributed by atoms with Crippen molar-refractivity contribution in [2.24, 2.45) is 0 Å². The molecule has 1 aromatic rings. The Kier molecular flexibility index (Phi) is 3.26. The standard InChI is InChI=1S/C7H5ClO2S/c8-11-7(9)10-6-4-2-1-3-5-6/h1-5H. The number of carbonyl (C=O) groups is 1. The Hall–Kier alpha value is -0.670. The lowest BCUT2D eigenvalue weighted by atomic mass is 10.3. The smallest absolute Gasteiger partial charge is 0.388 e. The lowest BCUT2D eigenvalue weighted by molar-refractivity contribution is 0.227. The van der Waals surface area contributed by atoms with Crippen molar-refractivity contribution < 1.29 is 9.53 Å². The van der Waals surface area contributed by atoms with Crippen LogP contribution in [0.1, 0.15) is 0 Å². The maximum Gasteiger partial charge on any atom is 0.388 e. The van der Waals surface area contributed by atoms with Gasteiger partial charge in [0.05, 0.1) is 11.0 Å². The van der Waals surface area contributed by atoms with E-state index in [1.54, 1.807) is 24.3 Å². The van der Waals surface area contributed by atoms with E-state index in [0.717, 1.165) is 0 Å². The molecule has 1 aromatic carbocycles. The molecule has 0 N–H and O–H groups in total. The topological polar surface area (TPSA) is 26.3 Å². The number of carbonyl (C=O) groups excluding carboxylic acids is 1. The van der Waals surface area contributed by atoms with Gasteiger partial charge in [0.15, 0.2) is 0 Å². The van der Waals surface area contributed by atoms with Gasteiger partial charge >= 0.3 is 5.30 Å². The van der Waals surface area contributed by atoms with Gasteiger partial charge in [-0.05, 0) is 22.8 Å². The summed E-state index contributed by atoms with van der Waals surface area (Å²) in [5.74, 6) is 0.505. The molecule has 2 nitrogen and oxygen atoms in total. The molecule has 58 valence electrons. The molecule has 11 heavy (non-hydrogen) atoms. The molecule has 0 aromatic heterocycles. The van der Waals surface area contributed by atoms with Crippen molar-refractivity contribution >= 4 is 27.0 Å². The second-order valence-electron chi connectivity index (χ2n) is 1.74. The van der Waals surface area contributed by atoms with E-state index in [1.165, 1.54) is 0 Å². The Balaban J connectivity index is 2.58. The third-order valence-corrected chi connectivity index (χ3v) is 1.59. The van der Waals surface area contributed by atoms with E-state index in [0.29, 0.717) is 16.7 Å². The van der Waals surface area contributed by atoms with Crippen molar-refractivity contribution in [3.05, 3.63) is 30.3 Å². The molecule has 0 radical (unpaired) electrons. The molecule has 0 atom stereocenters. The zero-order chi connectivity index (χ0) is 8.10. The van der Waals surface area contributed by atoms with Crippen LogP contribution in [-0.2, 0) is 0 Å². The highest BCUT2D eigenvalue weighted by Crippen LogP contribution is 2.15. The van der Waals surface area contributed by atoms with Crippen LogP contribution < -0.4 is 4.74 Å². The van der Waals surface area contributed by atoms with Gasteiger partial charge in [0.1, 0.15) is 5.75 Å². The minimum Gasteiger partial charge on any atom is -0.418 e. The molecule has 0 aliphatic carbocycles. The van der Waals surface area contributed by atoms with E-state index in [9.17, 15) is 4.79 Å². The normalized spacial score (nSPS) is 9.18. The van der Waals surface area contributed by atoms with Crippen molar-refractivity contribution in [2.45, 2.75) is 0 Å². The largest absolute Gasteiger partial charge is 0.418 e. The van der Waals surface area contributed by atoms with Gasteiger partial charge in [-0.15, -0.1) is 0 Å². The van der Waals surface area contributed by atoms with E-state index in [2.05, 4.69) is 0 Å². The highest BCUT2D eigenvalue weighted by atomic mass is 35.7. The van der Waals surface area contributed by atoms with Crippen molar-refractivity contribution in [1.29, 1.82) is 0 Å². The Morgan fingerprint density at radius 2 is 2.00 bits per heavy atom. The second-order valence-corrected chi connectivity index (χ2v) is 2.69. The zero-order valence-corrected chi connectivity index (χ0v) is 7.06. The summed E-state index contributed by atoms with van der Waals surface area (Å²) in [5, 5.41) is -0.516. The molecule has 0 aliphatic heterocycles. The van der Waals surface area contributed by atoms with Crippen LogP contribution in [0.2, 0.25) is 0 Å². The summed E-state index contributed by atoms with van der Waals surface area (Å²) in [6.45, 7) is 0. The SMILES string of the molecule is O=C(Oc1ccccc1)SCl. The van der Waals surface area contributed by atoms with Crippen molar-refractivity contribution in [3.8, 4) is 5.75 Å². The van der Waals surface area contributed by atoms with Gasteiger partial charge in [-0.25, -0.2) is 4.79 Å². The maximum atomic E-state index is 10.6. The molecule has 0 spiro atoms. The monoisotopic (exact) mass is 188 g/mol. The van der Waals surface area contributed by atoms with E-state index >= 15 is 0 Å². The highest BCUT2D eigenvalue weighted by Gasteiger charge is 2.01. The Labute approximate surface area is 73.0 Å². The second kappa shape index (κ2) is 4.26. The van der Waals surface area contributed by atoms with Crippen LogP contribution in [0.5, 0.6) is 5.75 Å². The van der Waals surface area contributed by atoms with Crippen LogP contribution in [0.25, 0.3) is 0 Å². The molecule has 0 bridgehead atoms. The number of halogens is 1. The lowest BCUT2D eigenvalue weighted by Gasteiger charge is -1.98. The lowest BCUT2D eigenvalue weighted by Crippen LogP contribution is -1.97. The first kappa shape index (κ1) is 8.43. The van der Waals surface area contributed by atoms with E-state index in [4.69, 9.17) is 15.4 Å². The molecule has 0 amide bonds. The third kappa shape index (κ3) is 2.82. The third-order valence-electron chi connectivity index (χ3n) is 1.01. The minimum atomic E-state index is -0.516. The summed E-state index contributed by atoms with van der Waals surface area (Å²) in [6, 6.07) is 8.77. The van der Waals surface area contributed by atoms with Gasteiger partial charge in [0.2, 0.25) is 0 Å². The van der Waals surface area contributed by atoms with Crippen LogP contribution in [0.15, 0.2) is 30.3 Å². The minimum absolute atomic E-state index is 0.505. The summed E-state index contributed by atoms with van der Waals surface area (Å²) < 4.78 is 4.76. The molecule has 0 heterocycles. The van der Waals surface area contributed by atoms with Crippen LogP contribution >= 0.6 is 21.7 Å². The zero-order valence-electron chi connectivity index (χ0n) is 5.49. The van der Waals surface area contributed by atoms with E-state index in [1.807, 2.05) is 6.07 Å². The molecule has 4 heteroatoms. The molecule has 0 saturated heterocycles. The molecule has 0 aliphatic rings. The number of ether oxygens (including phenoxy) is 1. The molecule has 0 unspecified atom stereocenters. The molecule has 0 saturated carbocycles. The predicted molar refractivity (Wildman–Crippen MR) is 45.9 cm³/mol. The Morgan fingerprint density at radius 3 is 2.55 bits per heavy atom. The quantitative estimate of drug-likeness (QED) is 0.634. The summed E-state index contributed by atoms with van der Waals surface area (Å²) in [4.78, 5) is 10.6. The molecule has 0 fully saturated rings. The number of benzene rings is 1. The average molecular weight is 189 g/mol. The molecule has 1 rings (SSSR count). The predicted octanol–water partition coefficient (Wildman–Crippen LogP) is 3.07. The van der Waals surface area contributed by atoms with Crippen molar-refractivity contribution in [1.82, 2.24) is 0 Å². The number of hydrogen-bond acceptors (Lipinski definition) is 3. The molecular formula is C7H5ClO2S. The summed E-state index contributed by atoms with van der Waals surface area (Å²) >= 11 is 0. The van der Waals surface area contributed by atoms with Gasteiger partial charge in [-0.3, -0.25) is 0 Å². The first-order chi connectivity index (χ1) is 5.33. The fourth-order valence-corrected chi connectivity index (χ4v) is 0.823. The molecular weight excluding hydrogens is 184 g/mol. The summed E-state index contributed by atoms with van der Waals surface area (Å²) in [7, 11) is 5.67. The number of hydrogen-bond donors (Lipinski definition) is 0. The Bertz CT molecular complexity index is 237. The first-order valence-electron chi connectivity index (χ1n) is 2.88. The van der Waals surface area contributed by atoms with Crippen LogP contribution in [0.3, 0.4) is 0 Å². The average Bonchev–Trinajstić information content (AvgIpc) is 2.06. The number of para-hydroxylation sites is 1. The van der Waals surface area contributed by atoms with Crippen LogP contribution in [-0.4, -0.2) is 5.30 Å². The summed E-state index contributed by atoms with van der Waals surface area (Å²) in [5.41, 5.74) is 0. The van der Waals surface area contributed by atoms with Gasteiger partial charge in [0, 0.05) is 0 Å². The van der Waals surface area contributed by atoms with Gasteiger partial charge < -0.3 is 4.74 Å². The van der Waals surface area contributed by atoms with E-state index < -0.39 is 5.30 Å². The van der Waals surface area contributed by atoms with Gasteiger partial charge in [-0.1, -0.05) is 18.2 Å². The van der Waals surface area contributed by atoms with Crippen LogP contribution in [0.4, 0.5) is 4.79 Å². The number of rotatable bonds is 1. The summed E-state index contributed by atoms with van der Waals surface area (Å²) in [6.07, 6.45) is 0. The van der Waals surface area contributed by atoms with E-state index in [-0.39, 0.29) is 0 Å². The fourth-order valence-electron chi connectivity index (χ4n) is 0.601. The first-order valence-corrected chi connectivity index (χ1v) is 4.52. The van der Waals surface area contributed by atoms with Gasteiger partial charge in [-0.2, -0.15) is 0 Å². The Morgan fingerprint density at radius 1 is 1.36 bits per heavy atom. The van der Waals surface area contributed by atoms with Crippen molar-refractivity contribution in [3.63, 3.8) is 0 Å². The van der Waals surface area contributed by atoms with Gasteiger partial charge in [0.25, 0.3) is 0 Å². The van der Waals surface area contributed by atoms with Crippen LogP contribution in [0, 0.1) is 0 Å². The van der Waals surface area contributed by atoms with Crippen molar-refractivity contribution in [2.75, 3.05) is 0 Å². The maximum absolute atomic E-state index is 10.6.